The topological polar surface area (TPSA) is 34.2 Å². The lowest BCUT2D eigenvalue weighted by Crippen LogP contribution is -2.23. The predicted molar refractivity (Wildman–Crippen MR) is 76.3 cm³/mol. The van der Waals surface area contributed by atoms with Crippen LogP contribution in [0.1, 0.15) is 11.9 Å². The molecule has 0 aliphatic heterocycles. The zero-order valence-electron chi connectivity index (χ0n) is 10.9. The summed E-state index contributed by atoms with van der Waals surface area (Å²) in [6.07, 6.45) is 0.955. The number of nitrogens with zero attached hydrogens (tertiary/aromatic N) is 1. The molecule has 2 aromatic rings. The molecule has 0 radical (unpaired) electrons. The van der Waals surface area contributed by atoms with Crippen molar-refractivity contribution >= 4 is 11.3 Å². The summed E-state index contributed by atoms with van der Waals surface area (Å²) in [5.74, 6) is 0.871. The Bertz CT molecular complexity index is 510. The van der Waals surface area contributed by atoms with Gasteiger partial charge in [0.15, 0.2) is 0 Å². The Hall–Kier alpha value is -1.39. The van der Waals surface area contributed by atoms with E-state index in [0.717, 1.165) is 28.4 Å². The third-order valence-corrected chi connectivity index (χ3v) is 3.78. The Balaban J connectivity index is 2.24. The van der Waals surface area contributed by atoms with Crippen molar-refractivity contribution in [1.82, 2.24) is 10.3 Å². The third-order valence-electron chi connectivity index (χ3n) is 2.91. The molecule has 18 heavy (non-hydrogen) atoms. The number of benzene rings is 1. The van der Waals surface area contributed by atoms with Crippen molar-refractivity contribution in [3.63, 3.8) is 0 Å². The van der Waals surface area contributed by atoms with Gasteiger partial charge in [-0.2, -0.15) is 0 Å². The number of aromatic nitrogens is 1. The summed E-state index contributed by atoms with van der Waals surface area (Å²) in [6.45, 7) is 2.16. The lowest BCUT2D eigenvalue weighted by molar-refractivity contribution is 0.416. The molecule has 0 saturated carbocycles. The van der Waals surface area contributed by atoms with Gasteiger partial charge in [-0.25, -0.2) is 4.98 Å². The van der Waals surface area contributed by atoms with E-state index in [-0.39, 0.29) is 0 Å². The van der Waals surface area contributed by atoms with E-state index in [1.165, 1.54) is 0 Å². The molecule has 1 atom stereocenters. The van der Waals surface area contributed by atoms with Gasteiger partial charge in [0.25, 0.3) is 0 Å². The van der Waals surface area contributed by atoms with E-state index in [9.17, 15) is 0 Å². The van der Waals surface area contributed by atoms with E-state index in [0.29, 0.717) is 6.04 Å². The molecule has 1 heterocycles. The highest BCUT2D eigenvalue weighted by Crippen LogP contribution is 2.30. The van der Waals surface area contributed by atoms with Crippen LogP contribution in [0.25, 0.3) is 11.3 Å². The molecule has 0 bridgehead atoms. The fourth-order valence-electron chi connectivity index (χ4n) is 1.75. The molecule has 4 heteroatoms. The second-order valence-corrected chi connectivity index (χ2v) is 5.16. The highest BCUT2D eigenvalue weighted by molar-refractivity contribution is 7.09. The van der Waals surface area contributed by atoms with Gasteiger partial charge in [0.2, 0.25) is 0 Å². The summed E-state index contributed by atoms with van der Waals surface area (Å²) in [5, 5.41) is 6.47. The fourth-order valence-corrected chi connectivity index (χ4v) is 2.67. The van der Waals surface area contributed by atoms with Crippen molar-refractivity contribution in [3.05, 3.63) is 34.7 Å². The molecule has 2 rings (SSSR count). The molecular formula is C14H18N2OS. The van der Waals surface area contributed by atoms with Crippen molar-refractivity contribution in [2.75, 3.05) is 14.2 Å². The van der Waals surface area contributed by atoms with Crippen molar-refractivity contribution in [1.29, 1.82) is 0 Å². The number of para-hydroxylation sites is 1. The zero-order chi connectivity index (χ0) is 13.0. The molecule has 1 unspecified atom stereocenters. The van der Waals surface area contributed by atoms with Gasteiger partial charge in [-0.1, -0.05) is 12.1 Å². The molecule has 0 fully saturated rings. The molecule has 0 aliphatic rings. The maximum atomic E-state index is 5.36. The van der Waals surface area contributed by atoms with Gasteiger partial charge in [0.1, 0.15) is 5.75 Å². The van der Waals surface area contributed by atoms with Gasteiger partial charge in [-0.3, -0.25) is 0 Å². The van der Waals surface area contributed by atoms with Gasteiger partial charge in [0.05, 0.1) is 17.8 Å². The van der Waals surface area contributed by atoms with Crippen LogP contribution in [0.5, 0.6) is 5.75 Å². The van der Waals surface area contributed by atoms with E-state index in [4.69, 9.17) is 4.74 Å². The normalized spacial score (nSPS) is 12.4. The average Bonchev–Trinajstić information content (AvgIpc) is 2.86. The number of methoxy groups -OCH3 is 1. The SMILES string of the molecule is CNC(C)Cc1nc(-c2ccccc2OC)cs1. The molecule has 0 aliphatic carbocycles. The predicted octanol–water partition coefficient (Wildman–Crippen LogP) is 2.97. The second-order valence-electron chi connectivity index (χ2n) is 4.22. The molecule has 96 valence electrons. The van der Waals surface area contributed by atoms with Crippen LogP contribution in [0.4, 0.5) is 0 Å². The minimum Gasteiger partial charge on any atom is -0.496 e. The maximum absolute atomic E-state index is 5.36. The summed E-state index contributed by atoms with van der Waals surface area (Å²) < 4.78 is 5.36. The number of rotatable bonds is 5. The Morgan fingerprint density at radius 2 is 2.17 bits per heavy atom. The van der Waals surface area contributed by atoms with Crippen molar-refractivity contribution < 1.29 is 4.74 Å². The van der Waals surface area contributed by atoms with Crippen LogP contribution < -0.4 is 10.1 Å². The summed E-state index contributed by atoms with van der Waals surface area (Å²) >= 11 is 1.70. The number of hydrogen-bond donors (Lipinski definition) is 1. The van der Waals surface area contributed by atoms with Crippen LogP contribution in [-0.2, 0) is 6.42 Å². The van der Waals surface area contributed by atoms with Crippen LogP contribution in [0, 0.1) is 0 Å². The molecule has 0 spiro atoms. The Kier molecular flexibility index (Phi) is 4.33. The first kappa shape index (κ1) is 13.1. The first-order valence-corrected chi connectivity index (χ1v) is 6.87. The molecule has 3 nitrogen and oxygen atoms in total. The average molecular weight is 262 g/mol. The zero-order valence-corrected chi connectivity index (χ0v) is 11.8. The highest BCUT2D eigenvalue weighted by atomic mass is 32.1. The number of likely N-dealkylation sites (N-methyl/N-ethyl adjacent to an activating group) is 1. The van der Waals surface area contributed by atoms with Crippen LogP contribution >= 0.6 is 11.3 Å². The summed E-state index contributed by atoms with van der Waals surface area (Å²) in [6, 6.07) is 8.43. The van der Waals surface area contributed by atoms with Crippen molar-refractivity contribution in [3.8, 4) is 17.0 Å². The fraction of sp³-hybridized carbons (Fsp3) is 0.357. The van der Waals surface area contributed by atoms with E-state index in [1.807, 2.05) is 31.3 Å². The lowest BCUT2D eigenvalue weighted by atomic mass is 10.1. The number of hydrogen-bond acceptors (Lipinski definition) is 4. The summed E-state index contributed by atoms with van der Waals surface area (Å²) in [5.41, 5.74) is 2.05. The van der Waals surface area contributed by atoms with E-state index in [2.05, 4.69) is 22.6 Å². The van der Waals surface area contributed by atoms with E-state index >= 15 is 0 Å². The highest BCUT2D eigenvalue weighted by Gasteiger charge is 2.10. The minimum absolute atomic E-state index is 0.446. The van der Waals surface area contributed by atoms with Gasteiger partial charge < -0.3 is 10.1 Å². The molecule has 0 amide bonds. The standard InChI is InChI=1S/C14H18N2OS/c1-10(15-2)8-14-16-12(9-18-14)11-6-4-5-7-13(11)17-3/h4-7,9-10,15H,8H2,1-3H3. The first-order valence-electron chi connectivity index (χ1n) is 5.99. The Labute approximate surface area is 112 Å². The molecule has 1 N–H and O–H groups in total. The van der Waals surface area contributed by atoms with Gasteiger partial charge in [-0.05, 0) is 26.1 Å². The third kappa shape index (κ3) is 2.89. The second kappa shape index (κ2) is 5.98. The molecular weight excluding hydrogens is 244 g/mol. The quantitative estimate of drug-likeness (QED) is 0.899. The summed E-state index contributed by atoms with van der Waals surface area (Å²) in [4.78, 5) is 4.68. The largest absolute Gasteiger partial charge is 0.496 e. The Morgan fingerprint density at radius 1 is 1.39 bits per heavy atom. The summed E-state index contributed by atoms with van der Waals surface area (Å²) in [7, 11) is 3.66. The number of ether oxygens (including phenoxy) is 1. The minimum atomic E-state index is 0.446. The van der Waals surface area contributed by atoms with Crippen LogP contribution in [-0.4, -0.2) is 25.2 Å². The van der Waals surface area contributed by atoms with Crippen LogP contribution in [0.15, 0.2) is 29.6 Å². The van der Waals surface area contributed by atoms with E-state index < -0.39 is 0 Å². The van der Waals surface area contributed by atoms with Crippen molar-refractivity contribution in [2.24, 2.45) is 0 Å². The first-order chi connectivity index (χ1) is 8.74. The smallest absolute Gasteiger partial charge is 0.128 e. The number of nitrogens with one attached hydrogen (secondary N) is 1. The van der Waals surface area contributed by atoms with E-state index in [1.54, 1.807) is 18.4 Å². The maximum Gasteiger partial charge on any atom is 0.128 e. The van der Waals surface area contributed by atoms with Crippen molar-refractivity contribution in [2.45, 2.75) is 19.4 Å². The molecule has 1 aromatic carbocycles. The van der Waals surface area contributed by atoms with Gasteiger partial charge in [0, 0.05) is 23.4 Å². The van der Waals surface area contributed by atoms with Crippen LogP contribution in [0.2, 0.25) is 0 Å². The number of thiazole rings is 1. The van der Waals surface area contributed by atoms with Crippen LogP contribution in [0.3, 0.4) is 0 Å². The Morgan fingerprint density at radius 3 is 2.89 bits per heavy atom. The monoisotopic (exact) mass is 262 g/mol. The van der Waals surface area contributed by atoms with Gasteiger partial charge in [-0.15, -0.1) is 11.3 Å². The molecule has 1 aromatic heterocycles. The van der Waals surface area contributed by atoms with Gasteiger partial charge >= 0.3 is 0 Å². The molecule has 0 saturated heterocycles. The lowest BCUT2D eigenvalue weighted by Gasteiger charge is -2.07.